The zero-order valence-corrected chi connectivity index (χ0v) is 17.8. The molecule has 0 aromatic heterocycles. The number of ketones is 1. The number of morpholine rings is 1. The highest BCUT2D eigenvalue weighted by molar-refractivity contribution is 6.46. The molecule has 0 aliphatic carbocycles. The van der Waals surface area contributed by atoms with Crippen LogP contribution in [0.5, 0.6) is 5.75 Å². The number of ether oxygens (including phenoxy) is 2. The maximum absolute atomic E-state index is 13.4. The van der Waals surface area contributed by atoms with E-state index in [9.17, 15) is 19.1 Å². The van der Waals surface area contributed by atoms with Crippen LogP contribution in [0.2, 0.25) is 0 Å². The number of likely N-dealkylation sites (tertiary alicyclic amines) is 1. The molecule has 1 atom stereocenters. The minimum atomic E-state index is -0.781. The van der Waals surface area contributed by atoms with E-state index in [1.54, 1.807) is 24.3 Å². The molecule has 0 spiro atoms. The Hall–Kier alpha value is -3.23. The molecule has 1 N–H and O–H groups in total. The number of carbonyl (C=O) groups is 2. The van der Waals surface area contributed by atoms with Crippen molar-refractivity contribution in [3.63, 3.8) is 0 Å². The number of hydrogen-bond donors (Lipinski definition) is 1. The Labute approximate surface area is 185 Å². The van der Waals surface area contributed by atoms with Crippen molar-refractivity contribution in [3.8, 4) is 5.75 Å². The molecule has 1 unspecified atom stereocenters. The summed E-state index contributed by atoms with van der Waals surface area (Å²) in [5.74, 6) is -1.65. The first-order valence-electron chi connectivity index (χ1n) is 10.5. The molecule has 0 saturated carbocycles. The molecule has 168 valence electrons. The number of Topliss-reactive ketones (excluding diaryl/α,β-unsaturated/α-hetero) is 1. The van der Waals surface area contributed by atoms with Crippen LogP contribution in [0.1, 0.15) is 17.2 Å². The molecule has 2 aliphatic heterocycles. The third-order valence-electron chi connectivity index (χ3n) is 5.83. The Bertz CT molecular complexity index is 1030. The Morgan fingerprint density at radius 1 is 1.12 bits per heavy atom. The molecular formula is C24H25FN2O5. The fourth-order valence-corrected chi connectivity index (χ4v) is 4.11. The van der Waals surface area contributed by atoms with Crippen LogP contribution in [0.15, 0.2) is 54.1 Å². The number of nitrogens with zero attached hydrogens (tertiary/aromatic N) is 2. The standard InChI is InChI=1S/C24H25FN2O5/c1-31-19-4-2-3-17(15-19)21-20(22(28)16-5-7-18(25)8-6-16)23(29)24(30)27(21)10-9-26-11-13-32-14-12-26/h2-8,15,21,28H,9-14H2,1H3/b22-20+. The Kier molecular flexibility index (Phi) is 6.53. The van der Waals surface area contributed by atoms with Crippen molar-refractivity contribution in [2.24, 2.45) is 0 Å². The monoisotopic (exact) mass is 440 g/mol. The summed E-state index contributed by atoms with van der Waals surface area (Å²) in [7, 11) is 1.53. The SMILES string of the molecule is COc1cccc(C2/C(=C(\O)c3ccc(F)cc3)C(=O)C(=O)N2CCN2CCOCC2)c1. The lowest BCUT2D eigenvalue weighted by Crippen LogP contribution is -2.42. The van der Waals surface area contributed by atoms with Crippen LogP contribution in [0, 0.1) is 5.82 Å². The minimum absolute atomic E-state index is 0.0168. The molecule has 32 heavy (non-hydrogen) atoms. The van der Waals surface area contributed by atoms with Crippen LogP contribution in [0.3, 0.4) is 0 Å². The first-order valence-corrected chi connectivity index (χ1v) is 10.5. The maximum Gasteiger partial charge on any atom is 0.295 e. The summed E-state index contributed by atoms with van der Waals surface area (Å²) in [6.07, 6.45) is 0. The van der Waals surface area contributed by atoms with E-state index in [0.29, 0.717) is 37.6 Å². The van der Waals surface area contributed by atoms with Gasteiger partial charge in [0, 0.05) is 31.7 Å². The molecule has 4 rings (SSSR count). The fourth-order valence-electron chi connectivity index (χ4n) is 4.11. The van der Waals surface area contributed by atoms with Gasteiger partial charge < -0.3 is 19.5 Å². The van der Waals surface area contributed by atoms with Crippen LogP contribution in [0.25, 0.3) is 5.76 Å². The van der Waals surface area contributed by atoms with E-state index in [4.69, 9.17) is 9.47 Å². The maximum atomic E-state index is 13.4. The van der Waals surface area contributed by atoms with Gasteiger partial charge in [-0.25, -0.2) is 4.39 Å². The molecular weight excluding hydrogens is 415 g/mol. The van der Waals surface area contributed by atoms with E-state index in [1.807, 2.05) is 0 Å². The molecule has 2 saturated heterocycles. The Morgan fingerprint density at radius 3 is 2.53 bits per heavy atom. The highest BCUT2D eigenvalue weighted by Gasteiger charge is 2.46. The van der Waals surface area contributed by atoms with E-state index >= 15 is 0 Å². The molecule has 0 radical (unpaired) electrons. The zero-order valence-electron chi connectivity index (χ0n) is 17.8. The normalized spacial score (nSPS) is 21.2. The molecule has 7 nitrogen and oxygen atoms in total. The van der Waals surface area contributed by atoms with Crippen molar-refractivity contribution in [3.05, 3.63) is 71.0 Å². The quantitative estimate of drug-likeness (QED) is 0.423. The largest absolute Gasteiger partial charge is 0.507 e. The molecule has 2 heterocycles. The van der Waals surface area contributed by atoms with Gasteiger partial charge in [0.25, 0.3) is 11.7 Å². The molecule has 8 heteroatoms. The zero-order chi connectivity index (χ0) is 22.7. The van der Waals surface area contributed by atoms with E-state index in [0.717, 1.165) is 13.1 Å². The summed E-state index contributed by atoms with van der Waals surface area (Å²) >= 11 is 0. The van der Waals surface area contributed by atoms with Crippen molar-refractivity contribution in [1.29, 1.82) is 0 Å². The van der Waals surface area contributed by atoms with Crippen molar-refractivity contribution in [2.45, 2.75) is 6.04 Å². The van der Waals surface area contributed by atoms with Gasteiger partial charge in [0.15, 0.2) is 0 Å². The summed E-state index contributed by atoms with van der Waals surface area (Å²) in [6.45, 7) is 3.65. The molecule has 2 aromatic carbocycles. The van der Waals surface area contributed by atoms with Gasteiger partial charge in [-0.1, -0.05) is 12.1 Å². The second-order valence-corrected chi connectivity index (χ2v) is 7.73. The smallest absolute Gasteiger partial charge is 0.295 e. The van der Waals surface area contributed by atoms with Gasteiger partial charge in [0.05, 0.1) is 31.9 Å². The van der Waals surface area contributed by atoms with E-state index < -0.39 is 23.5 Å². The molecule has 2 aromatic rings. The number of benzene rings is 2. The summed E-state index contributed by atoms with van der Waals surface area (Å²) in [5, 5.41) is 11.0. The van der Waals surface area contributed by atoms with Crippen molar-refractivity contribution >= 4 is 17.4 Å². The molecule has 2 fully saturated rings. The summed E-state index contributed by atoms with van der Waals surface area (Å²) in [4.78, 5) is 29.7. The van der Waals surface area contributed by atoms with Gasteiger partial charge in [0.2, 0.25) is 0 Å². The van der Waals surface area contributed by atoms with Crippen molar-refractivity contribution in [1.82, 2.24) is 9.80 Å². The second kappa shape index (κ2) is 9.50. The lowest BCUT2D eigenvalue weighted by Gasteiger charge is -2.31. The first kappa shape index (κ1) is 22.0. The second-order valence-electron chi connectivity index (χ2n) is 7.73. The van der Waals surface area contributed by atoms with Crippen molar-refractivity contribution in [2.75, 3.05) is 46.5 Å². The number of aliphatic hydroxyl groups excluding tert-OH is 1. The molecule has 2 aliphatic rings. The van der Waals surface area contributed by atoms with Crippen molar-refractivity contribution < 1.29 is 28.6 Å². The number of methoxy groups -OCH3 is 1. The highest BCUT2D eigenvalue weighted by atomic mass is 19.1. The number of amides is 1. The van der Waals surface area contributed by atoms with E-state index in [1.165, 1.54) is 36.3 Å². The Morgan fingerprint density at radius 2 is 1.84 bits per heavy atom. The lowest BCUT2D eigenvalue weighted by molar-refractivity contribution is -0.140. The average Bonchev–Trinajstić information content (AvgIpc) is 3.08. The van der Waals surface area contributed by atoms with Gasteiger partial charge in [-0.05, 0) is 42.0 Å². The van der Waals surface area contributed by atoms with Gasteiger partial charge in [0.1, 0.15) is 17.3 Å². The molecule has 0 bridgehead atoms. The predicted molar refractivity (Wildman–Crippen MR) is 116 cm³/mol. The minimum Gasteiger partial charge on any atom is -0.507 e. The van der Waals surface area contributed by atoms with Gasteiger partial charge >= 0.3 is 0 Å². The summed E-state index contributed by atoms with van der Waals surface area (Å²) in [6, 6.07) is 11.5. The van der Waals surface area contributed by atoms with Gasteiger partial charge in [-0.15, -0.1) is 0 Å². The predicted octanol–water partition coefficient (Wildman–Crippen LogP) is 2.59. The number of rotatable bonds is 6. The van der Waals surface area contributed by atoms with Crippen LogP contribution < -0.4 is 4.74 Å². The van der Waals surface area contributed by atoms with Crippen LogP contribution in [-0.2, 0) is 14.3 Å². The van der Waals surface area contributed by atoms with Gasteiger partial charge in [-0.2, -0.15) is 0 Å². The fraction of sp³-hybridized carbons (Fsp3) is 0.333. The van der Waals surface area contributed by atoms with E-state index in [2.05, 4.69) is 4.90 Å². The average molecular weight is 440 g/mol. The topological polar surface area (TPSA) is 79.3 Å². The Balaban J connectivity index is 1.74. The van der Waals surface area contributed by atoms with Crippen LogP contribution in [-0.4, -0.2) is 73.1 Å². The van der Waals surface area contributed by atoms with Crippen LogP contribution in [0.4, 0.5) is 4.39 Å². The number of hydrogen-bond acceptors (Lipinski definition) is 6. The first-order chi connectivity index (χ1) is 15.5. The summed E-state index contributed by atoms with van der Waals surface area (Å²) in [5.41, 5.74) is 0.900. The number of aliphatic hydroxyl groups is 1. The van der Waals surface area contributed by atoms with Gasteiger partial charge in [-0.3, -0.25) is 14.5 Å². The van der Waals surface area contributed by atoms with E-state index in [-0.39, 0.29) is 16.9 Å². The third kappa shape index (κ3) is 4.37. The number of halogens is 1. The summed E-state index contributed by atoms with van der Waals surface area (Å²) < 4.78 is 24.1. The third-order valence-corrected chi connectivity index (χ3v) is 5.83. The number of carbonyl (C=O) groups excluding carboxylic acids is 2. The highest BCUT2D eigenvalue weighted by Crippen LogP contribution is 2.40. The van der Waals surface area contributed by atoms with Crippen LogP contribution >= 0.6 is 0 Å². The lowest BCUT2D eigenvalue weighted by atomic mass is 9.95. The molecule has 1 amide bonds.